The van der Waals surface area contributed by atoms with Gasteiger partial charge < -0.3 is 15.4 Å². The van der Waals surface area contributed by atoms with Crippen LogP contribution in [0.4, 0.5) is 4.79 Å². The number of imide groups is 1. The van der Waals surface area contributed by atoms with Gasteiger partial charge in [0.15, 0.2) is 6.61 Å². The van der Waals surface area contributed by atoms with Gasteiger partial charge in [-0.05, 0) is 31.6 Å². The third-order valence-corrected chi connectivity index (χ3v) is 5.50. The Morgan fingerprint density at radius 3 is 2.62 bits per heavy atom. The molecule has 1 saturated carbocycles. The van der Waals surface area contributed by atoms with E-state index >= 15 is 0 Å². The number of esters is 1. The Labute approximate surface area is 154 Å². The maximum absolute atomic E-state index is 12.8. The highest BCUT2D eigenvalue weighted by Gasteiger charge is 2.55. The highest BCUT2D eigenvalue weighted by Crippen LogP contribution is 2.38. The van der Waals surface area contributed by atoms with Gasteiger partial charge in [-0.25, -0.2) is 4.79 Å². The molecule has 26 heavy (non-hydrogen) atoms. The van der Waals surface area contributed by atoms with E-state index in [1.807, 2.05) is 20.8 Å². The van der Waals surface area contributed by atoms with Crippen molar-refractivity contribution in [1.82, 2.24) is 15.5 Å². The maximum atomic E-state index is 12.8. The number of nitrogens with one attached hydrogen (secondary N) is 2. The molecule has 1 heterocycles. The van der Waals surface area contributed by atoms with Crippen molar-refractivity contribution in [3.63, 3.8) is 0 Å². The lowest BCUT2D eigenvalue weighted by molar-refractivity contribution is -0.151. The van der Waals surface area contributed by atoms with E-state index < -0.39 is 30.7 Å². The molecule has 1 spiro atoms. The molecule has 0 unspecified atom stereocenters. The molecule has 2 aliphatic rings. The Morgan fingerprint density at radius 1 is 1.31 bits per heavy atom. The summed E-state index contributed by atoms with van der Waals surface area (Å²) in [7, 11) is 0. The number of carbonyl (C=O) groups is 4. The van der Waals surface area contributed by atoms with Crippen LogP contribution in [-0.4, -0.2) is 53.4 Å². The van der Waals surface area contributed by atoms with E-state index in [9.17, 15) is 19.2 Å². The van der Waals surface area contributed by atoms with Gasteiger partial charge in [0.05, 0.1) is 0 Å². The molecule has 0 bridgehead atoms. The Morgan fingerprint density at radius 2 is 2.00 bits per heavy atom. The first-order chi connectivity index (χ1) is 12.3. The van der Waals surface area contributed by atoms with Crippen LogP contribution in [0.3, 0.4) is 0 Å². The van der Waals surface area contributed by atoms with Crippen LogP contribution < -0.4 is 10.6 Å². The molecule has 2 N–H and O–H groups in total. The molecular weight excluding hydrogens is 338 g/mol. The first-order valence-electron chi connectivity index (χ1n) is 9.43. The highest BCUT2D eigenvalue weighted by atomic mass is 16.5. The van der Waals surface area contributed by atoms with Crippen molar-refractivity contribution >= 4 is 23.8 Å². The summed E-state index contributed by atoms with van der Waals surface area (Å²) in [5.74, 6) is -1.50. The van der Waals surface area contributed by atoms with E-state index in [1.165, 1.54) is 0 Å². The maximum Gasteiger partial charge on any atom is 0.326 e. The van der Waals surface area contributed by atoms with Crippen LogP contribution in [0.5, 0.6) is 0 Å². The molecule has 1 saturated heterocycles. The predicted molar refractivity (Wildman–Crippen MR) is 94.1 cm³/mol. The predicted octanol–water partition coefficient (Wildman–Crippen LogP) is 1.34. The van der Waals surface area contributed by atoms with Crippen LogP contribution in [0.2, 0.25) is 0 Å². The van der Waals surface area contributed by atoms with Gasteiger partial charge in [0.2, 0.25) is 0 Å². The van der Waals surface area contributed by atoms with Gasteiger partial charge >= 0.3 is 12.0 Å². The number of urea groups is 1. The number of ether oxygens (including phenoxy) is 1. The van der Waals surface area contributed by atoms with Gasteiger partial charge in [-0.15, -0.1) is 0 Å². The van der Waals surface area contributed by atoms with Crippen molar-refractivity contribution in [3.05, 3.63) is 0 Å². The molecule has 0 aromatic carbocycles. The third kappa shape index (κ3) is 4.16. The molecule has 0 radical (unpaired) electrons. The quantitative estimate of drug-likeness (QED) is 0.522. The number of rotatable bonds is 7. The largest absolute Gasteiger partial charge is 0.454 e. The van der Waals surface area contributed by atoms with E-state index in [0.29, 0.717) is 6.42 Å². The molecule has 2 rings (SSSR count). The topological polar surface area (TPSA) is 105 Å². The van der Waals surface area contributed by atoms with Crippen LogP contribution >= 0.6 is 0 Å². The van der Waals surface area contributed by atoms with Gasteiger partial charge in [0.25, 0.3) is 11.8 Å². The molecule has 1 aliphatic carbocycles. The molecule has 1 aliphatic heterocycles. The number of carbonyl (C=O) groups excluding carboxylic acids is 4. The summed E-state index contributed by atoms with van der Waals surface area (Å²) >= 11 is 0. The van der Waals surface area contributed by atoms with Crippen LogP contribution in [0.25, 0.3) is 0 Å². The zero-order chi connectivity index (χ0) is 19.3. The SMILES string of the molecule is CCC(CC)NC(=O)COC(=O)CN1C(=O)N[C@]2(CCCC[C@@H]2C)C1=O. The van der Waals surface area contributed by atoms with E-state index in [1.54, 1.807) is 0 Å². The zero-order valence-electron chi connectivity index (χ0n) is 15.8. The second-order valence-electron chi connectivity index (χ2n) is 7.18. The van der Waals surface area contributed by atoms with Crippen LogP contribution in [0, 0.1) is 5.92 Å². The molecule has 4 amide bonds. The smallest absolute Gasteiger partial charge is 0.326 e. The molecule has 2 atom stereocenters. The summed E-state index contributed by atoms with van der Waals surface area (Å²) in [6.07, 6.45) is 4.92. The molecule has 8 nitrogen and oxygen atoms in total. The van der Waals surface area contributed by atoms with Crippen molar-refractivity contribution in [2.75, 3.05) is 13.2 Å². The number of hydrogen-bond donors (Lipinski definition) is 2. The standard InChI is InChI=1S/C18H29N3O5/c1-4-13(5-2)19-14(22)11-26-15(23)10-21-16(24)18(20-17(21)25)9-7-6-8-12(18)3/h12-13H,4-11H2,1-3H3,(H,19,22)(H,20,25)/t12-,18-/m0/s1. The Balaban J connectivity index is 1.88. The number of amides is 4. The lowest BCUT2D eigenvalue weighted by Crippen LogP contribution is -2.54. The average Bonchev–Trinajstić information content (AvgIpc) is 2.85. The molecule has 0 aromatic heterocycles. The van der Waals surface area contributed by atoms with E-state index in [4.69, 9.17) is 4.74 Å². The molecular formula is C18H29N3O5. The fourth-order valence-electron chi connectivity index (χ4n) is 3.72. The number of hydrogen-bond acceptors (Lipinski definition) is 5. The first kappa shape index (κ1) is 20.2. The first-order valence-corrected chi connectivity index (χ1v) is 9.43. The number of nitrogens with zero attached hydrogens (tertiary/aromatic N) is 1. The van der Waals surface area contributed by atoms with Crippen LogP contribution in [0.1, 0.15) is 59.3 Å². The van der Waals surface area contributed by atoms with E-state index in [0.717, 1.165) is 37.0 Å². The average molecular weight is 367 g/mol. The van der Waals surface area contributed by atoms with Gasteiger partial charge in [0, 0.05) is 6.04 Å². The van der Waals surface area contributed by atoms with Crippen molar-refractivity contribution in [3.8, 4) is 0 Å². The Hall–Kier alpha value is -2.12. The van der Waals surface area contributed by atoms with Gasteiger partial charge in [-0.3, -0.25) is 19.3 Å². The minimum absolute atomic E-state index is 0.0273. The summed E-state index contributed by atoms with van der Waals surface area (Å²) in [4.78, 5) is 49.6. The van der Waals surface area contributed by atoms with Crippen molar-refractivity contribution in [2.24, 2.45) is 5.92 Å². The minimum atomic E-state index is -0.900. The third-order valence-electron chi connectivity index (χ3n) is 5.50. The van der Waals surface area contributed by atoms with Crippen LogP contribution in [0.15, 0.2) is 0 Å². The van der Waals surface area contributed by atoms with Gasteiger partial charge in [0.1, 0.15) is 12.1 Å². The second kappa shape index (κ2) is 8.51. The Kier molecular flexibility index (Phi) is 6.61. The summed E-state index contributed by atoms with van der Waals surface area (Å²) in [5, 5.41) is 5.54. The monoisotopic (exact) mass is 367 g/mol. The van der Waals surface area contributed by atoms with Gasteiger partial charge in [-0.1, -0.05) is 33.6 Å². The van der Waals surface area contributed by atoms with Crippen molar-refractivity contribution in [2.45, 2.75) is 70.9 Å². The summed E-state index contributed by atoms with van der Waals surface area (Å²) in [6.45, 7) is 4.97. The fourth-order valence-corrected chi connectivity index (χ4v) is 3.72. The second-order valence-corrected chi connectivity index (χ2v) is 7.18. The molecule has 2 fully saturated rings. The van der Waals surface area contributed by atoms with Crippen LogP contribution in [-0.2, 0) is 19.1 Å². The molecule has 146 valence electrons. The summed E-state index contributed by atoms with van der Waals surface area (Å²) in [5.41, 5.74) is -0.900. The minimum Gasteiger partial charge on any atom is -0.454 e. The van der Waals surface area contributed by atoms with E-state index in [2.05, 4.69) is 10.6 Å². The van der Waals surface area contributed by atoms with Crippen molar-refractivity contribution in [1.29, 1.82) is 0 Å². The lowest BCUT2D eigenvalue weighted by Gasteiger charge is -2.36. The zero-order valence-corrected chi connectivity index (χ0v) is 15.8. The molecule has 0 aromatic rings. The summed E-state index contributed by atoms with van der Waals surface area (Å²) in [6, 6.07) is -0.526. The Bertz CT molecular complexity index is 575. The van der Waals surface area contributed by atoms with Gasteiger partial charge in [-0.2, -0.15) is 0 Å². The highest BCUT2D eigenvalue weighted by molar-refractivity contribution is 6.09. The lowest BCUT2D eigenvalue weighted by atomic mass is 9.73. The van der Waals surface area contributed by atoms with Crippen molar-refractivity contribution < 1.29 is 23.9 Å². The fraction of sp³-hybridized carbons (Fsp3) is 0.778. The summed E-state index contributed by atoms with van der Waals surface area (Å²) < 4.78 is 4.93. The van der Waals surface area contributed by atoms with E-state index in [-0.39, 0.29) is 23.8 Å². The normalized spacial score (nSPS) is 25.5. The molecule has 8 heteroatoms.